The van der Waals surface area contributed by atoms with Gasteiger partial charge in [-0.05, 0) is 32.4 Å². The van der Waals surface area contributed by atoms with Crippen molar-refractivity contribution >= 4 is 12.0 Å². The Bertz CT molecular complexity index is 441. The molecule has 0 saturated carbocycles. The quantitative estimate of drug-likeness (QED) is 0.587. The van der Waals surface area contributed by atoms with Crippen LogP contribution in [0.5, 0.6) is 5.75 Å². The van der Waals surface area contributed by atoms with E-state index in [-0.39, 0.29) is 12.0 Å². The number of rotatable bonds is 8. The minimum Gasteiger partial charge on any atom is -0.496 e. The first kappa shape index (κ1) is 16.2. The Labute approximate surface area is 120 Å². The summed E-state index contributed by atoms with van der Waals surface area (Å²) in [4.78, 5) is 11.6. The molecule has 1 aromatic carbocycles. The van der Waals surface area contributed by atoms with Gasteiger partial charge in [-0.25, -0.2) is 0 Å². The molecule has 0 aliphatic heterocycles. The molecule has 0 unspecified atom stereocenters. The van der Waals surface area contributed by atoms with E-state index >= 15 is 0 Å². The highest BCUT2D eigenvalue weighted by Gasteiger charge is 1.99. The maximum atomic E-state index is 11.6. The Morgan fingerprint density at radius 2 is 2.10 bits per heavy atom. The molecular weight excluding hydrogens is 254 g/mol. The van der Waals surface area contributed by atoms with Crippen LogP contribution in [-0.2, 0) is 9.53 Å². The first-order valence-corrected chi connectivity index (χ1v) is 6.84. The third kappa shape index (κ3) is 6.38. The van der Waals surface area contributed by atoms with Gasteiger partial charge in [-0.1, -0.05) is 18.2 Å². The van der Waals surface area contributed by atoms with Crippen molar-refractivity contribution in [3.05, 3.63) is 35.9 Å². The van der Waals surface area contributed by atoms with E-state index in [1.807, 2.05) is 38.1 Å². The molecule has 1 N–H and O–H groups in total. The summed E-state index contributed by atoms with van der Waals surface area (Å²) in [6.07, 6.45) is 4.31. The number of hydrogen-bond donors (Lipinski definition) is 1. The van der Waals surface area contributed by atoms with Crippen LogP contribution >= 0.6 is 0 Å². The number of benzene rings is 1. The number of amides is 1. The van der Waals surface area contributed by atoms with Crippen molar-refractivity contribution in [1.82, 2.24) is 5.32 Å². The summed E-state index contributed by atoms with van der Waals surface area (Å²) in [6.45, 7) is 5.26. The summed E-state index contributed by atoms with van der Waals surface area (Å²) >= 11 is 0. The predicted molar refractivity (Wildman–Crippen MR) is 80.7 cm³/mol. The average molecular weight is 277 g/mol. The lowest BCUT2D eigenvalue weighted by atomic mass is 10.2. The number of carbonyl (C=O) groups excluding carboxylic acids is 1. The van der Waals surface area contributed by atoms with Crippen molar-refractivity contribution in [3.8, 4) is 5.75 Å². The number of para-hydroxylation sites is 1. The van der Waals surface area contributed by atoms with Crippen molar-refractivity contribution < 1.29 is 14.3 Å². The zero-order valence-corrected chi connectivity index (χ0v) is 12.4. The van der Waals surface area contributed by atoms with Crippen molar-refractivity contribution in [2.45, 2.75) is 26.4 Å². The van der Waals surface area contributed by atoms with Gasteiger partial charge in [-0.2, -0.15) is 0 Å². The molecule has 1 rings (SSSR count). The lowest BCUT2D eigenvalue weighted by Gasteiger charge is -2.07. The smallest absolute Gasteiger partial charge is 0.244 e. The van der Waals surface area contributed by atoms with Gasteiger partial charge in [0.05, 0.1) is 13.2 Å². The molecule has 0 aromatic heterocycles. The van der Waals surface area contributed by atoms with Crippen LogP contribution in [0.2, 0.25) is 0 Å². The van der Waals surface area contributed by atoms with E-state index in [1.165, 1.54) is 6.08 Å². The molecule has 0 radical (unpaired) electrons. The van der Waals surface area contributed by atoms with E-state index < -0.39 is 0 Å². The Kier molecular flexibility index (Phi) is 7.43. The van der Waals surface area contributed by atoms with Crippen LogP contribution in [0, 0.1) is 0 Å². The molecule has 1 amide bonds. The first-order chi connectivity index (χ1) is 9.63. The third-order valence-electron chi connectivity index (χ3n) is 2.62. The molecule has 0 aliphatic rings. The van der Waals surface area contributed by atoms with Crippen LogP contribution in [0.4, 0.5) is 0 Å². The zero-order chi connectivity index (χ0) is 14.8. The molecule has 1 aromatic rings. The van der Waals surface area contributed by atoms with Crippen molar-refractivity contribution in [2.75, 3.05) is 20.3 Å². The second kappa shape index (κ2) is 9.15. The largest absolute Gasteiger partial charge is 0.496 e. The van der Waals surface area contributed by atoms with E-state index in [0.29, 0.717) is 13.2 Å². The summed E-state index contributed by atoms with van der Waals surface area (Å²) in [5.41, 5.74) is 0.883. The van der Waals surface area contributed by atoms with Crippen LogP contribution < -0.4 is 10.1 Å². The number of methoxy groups -OCH3 is 1. The lowest BCUT2D eigenvalue weighted by Crippen LogP contribution is -2.23. The normalized spacial score (nSPS) is 11.0. The minimum atomic E-state index is -0.111. The van der Waals surface area contributed by atoms with Gasteiger partial charge in [0, 0.05) is 24.8 Å². The van der Waals surface area contributed by atoms with Gasteiger partial charge in [-0.15, -0.1) is 0 Å². The van der Waals surface area contributed by atoms with E-state index in [0.717, 1.165) is 17.7 Å². The average Bonchev–Trinajstić information content (AvgIpc) is 2.44. The molecule has 20 heavy (non-hydrogen) atoms. The molecule has 0 spiro atoms. The van der Waals surface area contributed by atoms with Crippen LogP contribution in [0.3, 0.4) is 0 Å². The summed E-state index contributed by atoms with van der Waals surface area (Å²) in [7, 11) is 1.61. The summed E-state index contributed by atoms with van der Waals surface area (Å²) in [5.74, 6) is 0.641. The second-order valence-corrected chi connectivity index (χ2v) is 4.64. The van der Waals surface area contributed by atoms with Gasteiger partial charge in [0.15, 0.2) is 0 Å². The Balaban J connectivity index is 2.33. The van der Waals surface area contributed by atoms with Crippen molar-refractivity contribution in [1.29, 1.82) is 0 Å². The summed E-state index contributed by atoms with van der Waals surface area (Å²) in [6, 6.07) is 7.56. The molecule has 4 heteroatoms. The Hall–Kier alpha value is -1.81. The van der Waals surface area contributed by atoms with Crippen LogP contribution in [0.1, 0.15) is 25.8 Å². The molecule has 0 saturated heterocycles. The SMILES string of the molecule is COc1ccccc1C=CC(=O)NCCCOC(C)C. The lowest BCUT2D eigenvalue weighted by molar-refractivity contribution is -0.116. The van der Waals surface area contributed by atoms with Crippen LogP contribution in [0.25, 0.3) is 6.08 Å². The number of nitrogens with one attached hydrogen (secondary N) is 1. The van der Waals surface area contributed by atoms with Gasteiger partial charge in [0.2, 0.25) is 5.91 Å². The Morgan fingerprint density at radius 3 is 2.80 bits per heavy atom. The summed E-state index contributed by atoms with van der Waals surface area (Å²) in [5, 5.41) is 2.82. The highest BCUT2D eigenvalue weighted by molar-refractivity contribution is 5.92. The summed E-state index contributed by atoms with van der Waals surface area (Å²) < 4.78 is 10.6. The van der Waals surface area contributed by atoms with Gasteiger partial charge >= 0.3 is 0 Å². The zero-order valence-electron chi connectivity index (χ0n) is 12.4. The fraction of sp³-hybridized carbons (Fsp3) is 0.438. The maximum Gasteiger partial charge on any atom is 0.244 e. The number of hydrogen-bond acceptors (Lipinski definition) is 3. The van der Waals surface area contributed by atoms with Gasteiger partial charge in [-0.3, -0.25) is 4.79 Å². The standard InChI is InChI=1S/C16H23NO3/c1-13(2)20-12-6-11-17-16(18)10-9-14-7-4-5-8-15(14)19-3/h4-5,7-10,13H,6,11-12H2,1-3H3,(H,17,18). The molecule has 0 heterocycles. The van der Waals surface area contributed by atoms with Crippen molar-refractivity contribution in [2.24, 2.45) is 0 Å². The number of carbonyl (C=O) groups is 1. The first-order valence-electron chi connectivity index (χ1n) is 6.84. The van der Waals surface area contributed by atoms with E-state index in [1.54, 1.807) is 13.2 Å². The van der Waals surface area contributed by atoms with Crippen LogP contribution in [-0.4, -0.2) is 32.3 Å². The topological polar surface area (TPSA) is 47.6 Å². The van der Waals surface area contributed by atoms with Crippen molar-refractivity contribution in [3.63, 3.8) is 0 Å². The molecule has 110 valence electrons. The fourth-order valence-electron chi connectivity index (χ4n) is 1.63. The molecular formula is C16H23NO3. The molecule has 4 nitrogen and oxygen atoms in total. The molecule has 0 bridgehead atoms. The van der Waals surface area contributed by atoms with Crippen LogP contribution in [0.15, 0.2) is 30.3 Å². The fourth-order valence-corrected chi connectivity index (χ4v) is 1.63. The van der Waals surface area contributed by atoms with E-state index in [9.17, 15) is 4.79 Å². The minimum absolute atomic E-state index is 0.111. The maximum absolute atomic E-state index is 11.6. The number of ether oxygens (including phenoxy) is 2. The third-order valence-corrected chi connectivity index (χ3v) is 2.62. The monoisotopic (exact) mass is 277 g/mol. The van der Waals surface area contributed by atoms with Gasteiger partial charge in [0.1, 0.15) is 5.75 Å². The molecule has 0 aliphatic carbocycles. The van der Waals surface area contributed by atoms with E-state index in [4.69, 9.17) is 9.47 Å². The highest BCUT2D eigenvalue weighted by atomic mass is 16.5. The highest BCUT2D eigenvalue weighted by Crippen LogP contribution is 2.18. The van der Waals surface area contributed by atoms with E-state index in [2.05, 4.69) is 5.32 Å². The molecule has 0 atom stereocenters. The van der Waals surface area contributed by atoms with Gasteiger partial charge in [0.25, 0.3) is 0 Å². The Morgan fingerprint density at radius 1 is 1.35 bits per heavy atom. The van der Waals surface area contributed by atoms with Gasteiger partial charge < -0.3 is 14.8 Å². The second-order valence-electron chi connectivity index (χ2n) is 4.64. The molecule has 0 fully saturated rings. The predicted octanol–water partition coefficient (Wildman–Crippen LogP) is 2.64.